The summed E-state index contributed by atoms with van der Waals surface area (Å²) in [5, 5.41) is 7.22. The Morgan fingerprint density at radius 2 is 0.882 bits per heavy atom. The standard InChI is InChI=1S/C48H30N2O/c1-2-13-31(14-3-1)34-15-4-8-21-42(34)50-44-23-10-6-17-37(44)40-30-29-39-36-16-5-9-22-43(36)49(46(39)47(40)50)33-27-25-32(26-28-33)35-19-12-20-41-38-18-7-11-24-45(38)51-48(35)41/h1-30H. The van der Waals surface area contributed by atoms with E-state index in [0.717, 1.165) is 44.4 Å². The molecule has 0 fully saturated rings. The fourth-order valence-electron chi connectivity index (χ4n) is 8.31. The van der Waals surface area contributed by atoms with Crippen molar-refractivity contribution in [2.45, 2.75) is 0 Å². The summed E-state index contributed by atoms with van der Waals surface area (Å²) in [6, 6.07) is 65.4. The van der Waals surface area contributed by atoms with Crippen LogP contribution in [0.1, 0.15) is 0 Å². The van der Waals surface area contributed by atoms with Gasteiger partial charge in [0.05, 0.1) is 27.8 Å². The number of hydrogen-bond acceptors (Lipinski definition) is 1. The van der Waals surface area contributed by atoms with Gasteiger partial charge in [-0.3, -0.25) is 0 Å². The van der Waals surface area contributed by atoms with Crippen LogP contribution < -0.4 is 0 Å². The van der Waals surface area contributed by atoms with Gasteiger partial charge in [-0.2, -0.15) is 0 Å². The number of para-hydroxylation sites is 5. The molecule has 0 bridgehead atoms. The van der Waals surface area contributed by atoms with Crippen LogP contribution in [0.15, 0.2) is 186 Å². The molecule has 0 saturated heterocycles. The van der Waals surface area contributed by atoms with Crippen molar-refractivity contribution < 1.29 is 4.42 Å². The van der Waals surface area contributed by atoms with Crippen molar-refractivity contribution in [3.63, 3.8) is 0 Å². The molecule has 238 valence electrons. The van der Waals surface area contributed by atoms with Crippen LogP contribution in [-0.4, -0.2) is 9.13 Å². The van der Waals surface area contributed by atoms with Crippen LogP contribution in [0.4, 0.5) is 0 Å². The van der Waals surface area contributed by atoms with Gasteiger partial charge in [0.25, 0.3) is 0 Å². The van der Waals surface area contributed by atoms with Crippen LogP contribution in [0, 0.1) is 0 Å². The number of nitrogens with zero attached hydrogens (tertiary/aromatic N) is 2. The summed E-state index contributed by atoms with van der Waals surface area (Å²) >= 11 is 0. The lowest BCUT2D eigenvalue weighted by Crippen LogP contribution is -2.00. The minimum Gasteiger partial charge on any atom is -0.455 e. The number of furan rings is 1. The molecule has 0 radical (unpaired) electrons. The summed E-state index contributed by atoms with van der Waals surface area (Å²) in [6.07, 6.45) is 0. The Bertz CT molecular complexity index is 3120. The second-order valence-corrected chi connectivity index (χ2v) is 13.3. The van der Waals surface area contributed by atoms with E-state index in [2.05, 4.69) is 179 Å². The molecule has 0 atom stereocenters. The zero-order chi connectivity index (χ0) is 33.5. The molecule has 0 aliphatic rings. The number of aromatic nitrogens is 2. The molecule has 0 unspecified atom stereocenters. The number of benzene rings is 8. The summed E-state index contributed by atoms with van der Waals surface area (Å²) < 4.78 is 11.4. The van der Waals surface area contributed by atoms with E-state index in [1.807, 2.05) is 12.1 Å². The van der Waals surface area contributed by atoms with Crippen molar-refractivity contribution >= 4 is 65.6 Å². The minimum absolute atomic E-state index is 0.912. The molecule has 0 N–H and O–H groups in total. The lowest BCUT2D eigenvalue weighted by molar-refractivity contribution is 0.670. The first-order valence-electron chi connectivity index (χ1n) is 17.4. The first-order chi connectivity index (χ1) is 25.3. The Morgan fingerprint density at radius 3 is 1.65 bits per heavy atom. The lowest BCUT2D eigenvalue weighted by Gasteiger charge is -2.16. The normalized spacial score (nSPS) is 11.9. The van der Waals surface area contributed by atoms with E-state index < -0.39 is 0 Å². The van der Waals surface area contributed by atoms with E-state index in [1.165, 1.54) is 54.7 Å². The van der Waals surface area contributed by atoms with Gasteiger partial charge < -0.3 is 13.6 Å². The first kappa shape index (κ1) is 28.0. The van der Waals surface area contributed by atoms with E-state index in [1.54, 1.807) is 0 Å². The van der Waals surface area contributed by atoms with Crippen molar-refractivity contribution in [3.8, 4) is 33.6 Å². The molecule has 0 spiro atoms. The van der Waals surface area contributed by atoms with Gasteiger partial charge in [-0.15, -0.1) is 0 Å². The summed E-state index contributed by atoms with van der Waals surface area (Å²) in [5.74, 6) is 0. The largest absolute Gasteiger partial charge is 0.455 e. The zero-order valence-electron chi connectivity index (χ0n) is 27.6. The quantitative estimate of drug-likeness (QED) is 0.186. The van der Waals surface area contributed by atoms with Crippen LogP contribution in [0.25, 0.3) is 99.2 Å². The molecule has 0 amide bonds. The summed E-state index contributed by atoms with van der Waals surface area (Å²) in [6.45, 7) is 0. The SMILES string of the molecule is c1ccc(-c2ccccc2-n2c3ccccc3c3ccc4c5ccccc5n(-c5ccc(-c6cccc7c6oc6ccccc67)cc5)c4c32)cc1. The van der Waals surface area contributed by atoms with E-state index in [0.29, 0.717) is 0 Å². The van der Waals surface area contributed by atoms with Gasteiger partial charge in [-0.1, -0.05) is 146 Å². The molecule has 11 aromatic rings. The highest BCUT2D eigenvalue weighted by Crippen LogP contribution is 2.43. The second-order valence-electron chi connectivity index (χ2n) is 13.3. The average Bonchev–Trinajstić information content (AvgIpc) is 3.86. The highest BCUT2D eigenvalue weighted by atomic mass is 16.3. The molecule has 8 aromatic carbocycles. The highest BCUT2D eigenvalue weighted by Gasteiger charge is 2.22. The Balaban J connectivity index is 1.21. The van der Waals surface area contributed by atoms with Crippen molar-refractivity contribution in [1.29, 1.82) is 0 Å². The van der Waals surface area contributed by atoms with Gasteiger partial charge in [0.15, 0.2) is 0 Å². The second kappa shape index (κ2) is 10.8. The minimum atomic E-state index is 0.912. The maximum Gasteiger partial charge on any atom is 0.143 e. The van der Waals surface area contributed by atoms with Gasteiger partial charge in [-0.25, -0.2) is 0 Å². The number of fused-ring (bicyclic) bond motifs is 10. The average molecular weight is 651 g/mol. The van der Waals surface area contributed by atoms with Crippen LogP contribution in [0.2, 0.25) is 0 Å². The maximum atomic E-state index is 6.42. The van der Waals surface area contributed by atoms with E-state index in [4.69, 9.17) is 4.42 Å². The van der Waals surface area contributed by atoms with Crippen LogP contribution in [-0.2, 0) is 0 Å². The maximum absolute atomic E-state index is 6.42. The van der Waals surface area contributed by atoms with Crippen molar-refractivity contribution in [2.75, 3.05) is 0 Å². The molecule has 3 heteroatoms. The van der Waals surface area contributed by atoms with E-state index >= 15 is 0 Å². The molecule has 51 heavy (non-hydrogen) atoms. The predicted octanol–water partition coefficient (Wildman–Crippen LogP) is 13.1. The summed E-state index contributed by atoms with van der Waals surface area (Å²) in [7, 11) is 0. The van der Waals surface area contributed by atoms with Gasteiger partial charge >= 0.3 is 0 Å². The van der Waals surface area contributed by atoms with Gasteiger partial charge in [0.1, 0.15) is 11.2 Å². The molecule has 0 aliphatic heterocycles. The highest BCUT2D eigenvalue weighted by molar-refractivity contribution is 6.24. The number of hydrogen-bond donors (Lipinski definition) is 0. The van der Waals surface area contributed by atoms with Gasteiger partial charge in [-0.05, 0) is 47.5 Å². The monoisotopic (exact) mass is 650 g/mol. The molecule has 3 nitrogen and oxygen atoms in total. The molecule has 0 aliphatic carbocycles. The molecule has 11 rings (SSSR count). The fourth-order valence-corrected chi connectivity index (χ4v) is 8.31. The predicted molar refractivity (Wildman–Crippen MR) is 213 cm³/mol. The fraction of sp³-hybridized carbons (Fsp3) is 0. The Kier molecular flexibility index (Phi) is 5.96. The lowest BCUT2D eigenvalue weighted by atomic mass is 10.0. The third-order valence-corrected chi connectivity index (χ3v) is 10.5. The van der Waals surface area contributed by atoms with Crippen LogP contribution >= 0.6 is 0 Å². The number of rotatable bonds is 4. The van der Waals surface area contributed by atoms with Crippen LogP contribution in [0.5, 0.6) is 0 Å². The Hall–Kier alpha value is -6.84. The summed E-state index contributed by atoms with van der Waals surface area (Å²) in [4.78, 5) is 0. The first-order valence-corrected chi connectivity index (χ1v) is 17.4. The van der Waals surface area contributed by atoms with Crippen molar-refractivity contribution in [1.82, 2.24) is 9.13 Å². The van der Waals surface area contributed by atoms with Crippen molar-refractivity contribution in [2.24, 2.45) is 0 Å². The molecular formula is C48H30N2O. The topological polar surface area (TPSA) is 23.0 Å². The third-order valence-electron chi connectivity index (χ3n) is 10.5. The molecule has 3 aromatic heterocycles. The molecular weight excluding hydrogens is 621 g/mol. The van der Waals surface area contributed by atoms with E-state index in [-0.39, 0.29) is 0 Å². The molecule has 0 saturated carbocycles. The van der Waals surface area contributed by atoms with Crippen LogP contribution in [0.3, 0.4) is 0 Å². The molecule has 3 heterocycles. The smallest absolute Gasteiger partial charge is 0.143 e. The zero-order valence-corrected chi connectivity index (χ0v) is 27.6. The van der Waals surface area contributed by atoms with Crippen molar-refractivity contribution in [3.05, 3.63) is 182 Å². The van der Waals surface area contributed by atoms with Gasteiger partial charge in [0.2, 0.25) is 0 Å². The van der Waals surface area contributed by atoms with E-state index in [9.17, 15) is 0 Å². The Morgan fingerprint density at radius 1 is 0.333 bits per heavy atom. The Labute approximate surface area is 293 Å². The third kappa shape index (κ3) is 4.06. The van der Waals surface area contributed by atoms with Gasteiger partial charge in [0, 0.05) is 49.1 Å². The summed E-state index contributed by atoms with van der Waals surface area (Å²) in [5.41, 5.74) is 13.5.